The van der Waals surface area contributed by atoms with Gasteiger partial charge < -0.3 is 14.7 Å². The number of imidazole rings is 1. The summed E-state index contributed by atoms with van der Waals surface area (Å²) in [6.07, 6.45) is 2.51. The van der Waals surface area contributed by atoms with Gasteiger partial charge in [-0.2, -0.15) is 4.91 Å². The third kappa shape index (κ3) is 2.99. The zero-order valence-electron chi connectivity index (χ0n) is 8.83. The van der Waals surface area contributed by atoms with Crippen LogP contribution in [0.15, 0.2) is 17.7 Å². The fraction of sp³-hybridized carbons (Fsp3) is 0.625. The molecule has 1 aromatic heterocycles. The highest BCUT2D eigenvalue weighted by atomic mass is 35.5. The lowest BCUT2D eigenvalue weighted by atomic mass is 10.0. The second-order valence-electron chi connectivity index (χ2n) is 3.87. The molecule has 0 fully saturated rings. The number of halogens is 1. The first kappa shape index (κ1) is 12.6. The first-order chi connectivity index (χ1) is 7.34. The fourth-order valence-corrected chi connectivity index (χ4v) is 1.23. The van der Waals surface area contributed by atoms with Crippen LogP contribution in [0.5, 0.6) is 0 Å². The zero-order valence-corrected chi connectivity index (χ0v) is 9.59. The van der Waals surface area contributed by atoms with E-state index >= 15 is 0 Å². The van der Waals surface area contributed by atoms with Gasteiger partial charge in [-0.3, -0.25) is 0 Å². The normalized spacial score (nSPS) is 13.4. The smallest absolute Gasteiger partial charge is 0.358 e. The third-order valence-corrected chi connectivity index (χ3v) is 2.36. The number of nitroso groups, excluding NO2 is 1. The second-order valence-corrected chi connectivity index (χ2v) is 4.85. The van der Waals surface area contributed by atoms with E-state index in [9.17, 15) is 15.0 Å². The summed E-state index contributed by atoms with van der Waals surface area (Å²) in [5.74, 6) is -0.267. The Kier molecular flexibility index (Phi) is 3.58. The Hall–Kier alpha value is -1.50. The Bertz CT molecular complexity index is 398. The van der Waals surface area contributed by atoms with Crippen LogP contribution in [-0.4, -0.2) is 25.4 Å². The highest BCUT2D eigenvalue weighted by molar-refractivity contribution is 6.23. The molecule has 0 saturated heterocycles. The first-order valence-electron chi connectivity index (χ1n) is 4.52. The summed E-state index contributed by atoms with van der Waals surface area (Å²) in [7, 11) is 0. The lowest BCUT2D eigenvalue weighted by Crippen LogP contribution is -2.32. The molecule has 1 aromatic rings. The monoisotopic (exact) mass is 246 g/mol. The van der Waals surface area contributed by atoms with Gasteiger partial charge >= 0.3 is 5.82 Å². The van der Waals surface area contributed by atoms with Crippen LogP contribution in [0.1, 0.15) is 13.8 Å². The molecule has 0 radical (unpaired) electrons. The minimum Gasteiger partial charge on any atom is -0.358 e. The Morgan fingerprint density at radius 2 is 2.38 bits per heavy atom. The molecule has 0 aliphatic carbocycles. The molecule has 7 nitrogen and oxygen atoms in total. The van der Waals surface area contributed by atoms with Crippen LogP contribution in [0.4, 0.5) is 5.82 Å². The van der Waals surface area contributed by atoms with E-state index in [0.29, 0.717) is 0 Å². The molecule has 1 unspecified atom stereocenters. The van der Waals surface area contributed by atoms with E-state index in [-0.39, 0.29) is 12.4 Å². The molecule has 0 amide bonds. The van der Waals surface area contributed by atoms with Gasteiger partial charge in [-0.15, -0.1) is 11.6 Å². The predicted molar refractivity (Wildman–Crippen MR) is 58.4 cm³/mol. The second kappa shape index (κ2) is 4.56. The van der Waals surface area contributed by atoms with Gasteiger partial charge in [0.25, 0.3) is 0 Å². The molecule has 0 aromatic carbocycles. The van der Waals surface area contributed by atoms with Crippen LogP contribution in [0.3, 0.4) is 0 Å². The molecule has 88 valence electrons. The number of aromatic nitrogens is 2. The van der Waals surface area contributed by atoms with E-state index in [2.05, 4.69) is 10.2 Å². The summed E-state index contributed by atoms with van der Waals surface area (Å²) in [5, 5.41) is 13.3. The lowest BCUT2D eigenvalue weighted by Gasteiger charge is -2.21. The van der Waals surface area contributed by atoms with Gasteiger partial charge in [-0.25, -0.2) is 0 Å². The molecule has 16 heavy (non-hydrogen) atoms. The average molecular weight is 247 g/mol. The first-order valence-corrected chi connectivity index (χ1v) is 4.90. The predicted octanol–water partition coefficient (Wildman–Crippen LogP) is 1.94. The highest BCUT2D eigenvalue weighted by Gasteiger charge is 2.29. The summed E-state index contributed by atoms with van der Waals surface area (Å²) in [6.45, 7) is 3.48. The molecule has 0 N–H and O–H groups in total. The largest absolute Gasteiger partial charge is 0.381 e. The Balaban J connectivity index is 2.79. The maximum atomic E-state index is 10.6. The van der Waals surface area contributed by atoms with E-state index in [1.165, 1.54) is 17.1 Å². The van der Waals surface area contributed by atoms with Crippen molar-refractivity contribution in [2.75, 3.05) is 0 Å². The molecule has 0 spiro atoms. The average Bonchev–Trinajstić information content (AvgIpc) is 2.60. The SMILES string of the molecule is CC(C)(Cl)C(Cn1cnc([N+](=O)[O-])c1)N=O. The van der Waals surface area contributed by atoms with E-state index in [4.69, 9.17) is 11.6 Å². The van der Waals surface area contributed by atoms with Crippen LogP contribution >= 0.6 is 11.6 Å². The zero-order chi connectivity index (χ0) is 12.3. The van der Waals surface area contributed by atoms with Gasteiger partial charge in [0.2, 0.25) is 6.33 Å². The lowest BCUT2D eigenvalue weighted by molar-refractivity contribution is -0.389. The number of alkyl halides is 1. The fourth-order valence-electron chi connectivity index (χ4n) is 1.12. The number of hydrogen-bond acceptors (Lipinski definition) is 5. The van der Waals surface area contributed by atoms with Crippen molar-refractivity contribution < 1.29 is 4.92 Å². The van der Waals surface area contributed by atoms with Crippen molar-refractivity contribution in [3.8, 4) is 0 Å². The quantitative estimate of drug-likeness (QED) is 0.344. The minimum atomic E-state index is -0.805. The van der Waals surface area contributed by atoms with Crippen LogP contribution in [0.2, 0.25) is 0 Å². The summed E-state index contributed by atoms with van der Waals surface area (Å²) >= 11 is 5.96. The Labute approximate surface area is 96.5 Å². The van der Waals surface area contributed by atoms with Crippen molar-refractivity contribution in [2.45, 2.75) is 31.3 Å². The van der Waals surface area contributed by atoms with Crippen molar-refractivity contribution in [1.82, 2.24) is 9.55 Å². The number of hydrogen-bond donors (Lipinski definition) is 0. The number of nitrogens with zero attached hydrogens (tertiary/aromatic N) is 4. The Morgan fingerprint density at radius 3 is 2.75 bits per heavy atom. The maximum absolute atomic E-state index is 10.6. The minimum absolute atomic E-state index is 0.167. The summed E-state index contributed by atoms with van der Waals surface area (Å²) in [6, 6.07) is -0.678. The molecular formula is C8H11ClN4O3. The molecule has 1 rings (SSSR count). The molecular weight excluding hydrogens is 236 g/mol. The number of nitro groups is 1. The van der Waals surface area contributed by atoms with Crippen LogP contribution in [0, 0.1) is 15.0 Å². The van der Waals surface area contributed by atoms with Gasteiger partial charge in [-0.05, 0) is 23.8 Å². The van der Waals surface area contributed by atoms with Crippen molar-refractivity contribution in [3.05, 3.63) is 27.5 Å². The molecule has 1 heterocycles. The van der Waals surface area contributed by atoms with Gasteiger partial charge in [0, 0.05) is 0 Å². The van der Waals surface area contributed by atoms with Gasteiger partial charge in [0.1, 0.15) is 12.2 Å². The molecule has 0 aliphatic heterocycles. The molecule has 0 aliphatic rings. The van der Waals surface area contributed by atoms with E-state index in [1.807, 2.05) is 0 Å². The van der Waals surface area contributed by atoms with Crippen molar-refractivity contribution >= 4 is 17.4 Å². The van der Waals surface area contributed by atoms with Crippen LogP contribution in [-0.2, 0) is 6.54 Å². The molecule has 0 saturated carbocycles. The summed E-state index contributed by atoms with van der Waals surface area (Å²) in [5.41, 5.74) is 0. The van der Waals surface area contributed by atoms with Crippen LogP contribution < -0.4 is 0 Å². The summed E-state index contributed by atoms with van der Waals surface area (Å²) < 4.78 is 1.42. The topological polar surface area (TPSA) is 90.4 Å². The van der Waals surface area contributed by atoms with E-state index in [0.717, 1.165) is 0 Å². The van der Waals surface area contributed by atoms with Gasteiger partial charge in [-0.1, -0.05) is 5.18 Å². The maximum Gasteiger partial charge on any atom is 0.381 e. The molecule has 0 bridgehead atoms. The molecule has 1 atom stereocenters. The van der Waals surface area contributed by atoms with Crippen LogP contribution in [0.25, 0.3) is 0 Å². The summed E-state index contributed by atoms with van der Waals surface area (Å²) in [4.78, 5) is 23.1. The van der Waals surface area contributed by atoms with Gasteiger partial charge in [0.15, 0.2) is 0 Å². The third-order valence-electron chi connectivity index (χ3n) is 2.11. The molecule has 8 heteroatoms. The van der Waals surface area contributed by atoms with E-state index in [1.54, 1.807) is 13.8 Å². The van der Waals surface area contributed by atoms with Crippen molar-refractivity contribution in [1.29, 1.82) is 0 Å². The number of rotatable bonds is 5. The Morgan fingerprint density at radius 1 is 1.75 bits per heavy atom. The van der Waals surface area contributed by atoms with Gasteiger partial charge in [0.05, 0.1) is 11.4 Å². The van der Waals surface area contributed by atoms with Crippen molar-refractivity contribution in [2.24, 2.45) is 5.18 Å². The van der Waals surface area contributed by atoms with E-state index < -0.39 is 15.8 Å². The standard InChI is InChI=1S/C8H11ClN4O3/c1-8(2,9)6(11-14)3-12-4-7(10-5-12)13(15)16/h4-6H,3H2,1-2H3. The highest BCUT2D eigenvalue weighted by Crippen LogP contribution is 2.22. The van der Waals surface area contributed by atoms with Crippen molar-refractivity contribution in [3.63, 3.8) is 0 Å².